The number of hydrogen-bond donors (Lipinski definition) is 0. The van der Waals surface area contributed by atoms with Crippen LogP contribution in [0, 0.1) is 10.1 Å². The highest BCUT2D eigenvalue weighted by Gasteiger charge is 2.23. The topological polar surface area (TPSA) is 85.6 Å². The lowest BCUT2D eigenvalue weighted by atomic mass is 10.2. The fourth-order valence-electron chi connectivity index (χ4n) is 1.58. The van der Waals surface area contributed by atoms with Crippen LogP contribution in [0.3, 0.4) is 0 Å². The Hall–Kier alpha value is -2.18. The maximum atomic E-state index is 11.5. The van der Waals surface area contributed by atoms with Crippen molar-refractivity contribution in [2.75, 3.05) is 25.1 Å². The van der Waals surface area contributed by atoms with E-state index in [9.17, 15) is 14.9 Å². The van der Waals surface area contributed by atoms with Crippen LogP contribution >= 0.6 is 0 Å². The third kappa shape index (κ3) is 2.73. The first-order chi connectivity index (χ1) is 8.54. The summed E-state index contributed by atoms with van der Waals surface area (Å²) in [6, 6.07) is 1.39. The van der Waals surface area contributed by atoms with E-state index in [1.54, 1.807) is 0 Å². The van der Waals surface area contributed by atoms with Crippen molar-refractivity contribution < 1.29 is 14.5 Å². The van der Waals surface area contributed by atoms with Gasteiger partial charge >= 0.3 is 11.7 Å². The van der Waals surface area contributed by atoms with Crippen molar-refractivity contribution in [2.24, 2.45) is 0 Å². The molecule has 0 aliphatic heterocycles. The number of rotatable bonds is 5. The Morgan fingerprint density at radius 1 is 1.50 bits per heavy atom. The second-order valence-electron chi connectivity index (χ2n) is 3.48. The number of methoxy groups -OCH3 is 1. The van der Waals surface area contributed by atoms with E-state index in [1.807, 2.05) is 18.7 Å². The third-order valence-electron chi connectivity index (χ3n) is 2.56. The molecular formula is C11H15N3O4. The van der Waals surface area contributed by atoms with E-state index in [4.69, 9.17) is 0 Å². The van der Waals surface area contributed by atoms with Gasteiger partial charge in [0.15, 0.2) is 0 Å². The van der Waals surface area contributed by atoms with Crippen LogP contribution in [0.4, 0.5) is 11.5 Å². The summed E-state index contributed by atoms with van der Waals surface area (Å²) in [5.74, 6) is -0.219. The number of anilines is 1. The second-order valence-corrected chi connectivity index (χ2v) is 3.48. The molecule has 0 aromatic carbocycles. The monoisotopic (exact) mass is 253 g/mol. The summed E-state index contributed by atoms with van der Waals surface area (Å²) in [6.45, 7) is 5.26. The van der Waals surface area contributed by atoms with E-state index in [1.165, 1.54) is 13.2 Å². The van der Waals surface area contributed by atoms with Crippen molar-refractivity contribution in [1.29, 1.82) is 0 Å². The van der Waals surface area contributed by atoms with E-state index in [0.29, 0.717) is 18.9 Å². The molecule has 0 bridgehead atoms. The van der Waals surface area contributed by atoms with Crippen LogP contribution in [0.15, 0.2) is 12.3 Å². The normalized spacial score (nSPS) is 9.94. The minimum atomic E-state index is -0.738. The van der Waals surface area contributed by atoms with Gasteiger partial charge in [0.2, 0.25) is 0 Å². The molecule has 98 valence electrons. The number of esters is 1. The summed E-state index contributed by atoms with van der Waals surface area (Å²) < 4.78 is 4.54. The molecule has 0 radical (unpaired) electrons. The molecule has 1 heterocycles. The van der Waals surface area contributed by atoms with Crippen LogP contribution in [0.25, 0.3) is 0 Å². The molecular weight excluding hydrogens is 238 g/mol. The molecule has 18 heavy (non-hydrogen) atoms. The van der Waals surface area contributed by atoms with E-state index in [-0.39, 0.29) is 11.3 Å². The average Bonchev–Trinajstić information content (AvgIpc) is 2.38. The molecule has 0 aliphatic carbocycles. The molecule has 0 amide bonds. The second kappa shape index (κ2) is 5.95. The van der Waals surface area contributed by atoms with Crippen molar-refractivity contribution in [3.63, 3.8) is 0 Å². The van der Waals surface area contributed by atoms with E-state index in [0.717, 1.165) is 6.20 Å². The van der Waals surface area contributed by atoms with Crippen LogP contribution in [-0.4, -0.2) is 36.1 Å². The third-order valence-corrected chi connectivity index (χ3v) is 2.56. The van der Waals surface area contributed by atoms with Crippen molar-refractivity contribution in [2.45, 2.75) is 13.8 Å². The summed E-state index contributed by atoms with van der Waals surface area (Å²) >= 11 is 0. The molecule has 0 saturated carbocycles. The largest absolute Gasteiger partial charge is 0.465 e. The molecule has 7 heteroatoms. The number of carbonyl (C=O) groups excluding carboxylic acids is 1. The molecule has 1 aromatic rings. The van der Waals surface area contributed by atoms with Crippen molar-refractivity contribution in [3.05, 3.63) is 27.9 Å². The Morgan fingerprint density at radius 2 is 2.11 bits per heavy atom. The Bertz CT molecular complexity index is 458. The zero-order valence-electron chi connectivity index (χ0n) is 10.5. The molecule has 0 unspecified atom stereocenters. The molecule has 1 rings (SSSR count). The fraction of sp³-hybridized carbons (Fsp3) is 0.455. The van der Waals surface area contributed by atoms with Crippen molar-refractivity contribution in [1.82, 2.24) is 4.98 Å². The number of ether oxygens (including phenoxy) is 1. The number of hydrogen-bond acceptors (Lipinski definition) is 6. The first-order valence-electron chi connectivity index (χ1n) is 5.52. The average molecular weight is 253 g/mol. The highest BCUT2D eigenvalue weighted by Crippen LogP contribution is 2.23. The van der Waals surface area contributed by atoms with Crippen LogP contribution in [0.5, 0.6) is 0 Å². The lowest BCUT2D eigenvalue weighted by molar-refractivity contribution is -0.385. The first kappa shape index (κ1) is 13.9. The van der Waals surface area contributed by atoms with Gasteiger partial charge in [-0.3, -0.25) is 10.1 Å². The summed E-state index contributed by atoms with van der Waals surface area (Å²) in [4.78, 5) is 27.6. The summed E-state index contributed by atoms with van der Waals surface area (Å²) in [5.41, 5.74) is -0.433. The van der Waals surface area contributed by atoms with Gasteiger partial charge in [-0.25, -0.2) is 9.78 Å². The van der Waals surface area contributed by atoms with Gasteiger partial charge < -0.3 is 9.64 Å². The summed E-state index contributed by atoms with van der Waals surface area (Å²) in [5, 5.41) is 10.8. The van der Waals surface area contributed by atoms with Gasteiger partial charge in [0.05, 0.1) is 12.0 Å². The van der Waals surface area contributed by atoms with Crippen molar-refractivity contribution >= 4 is 17.5 Å². The maximum absolute atomic E-state index is 11.5. The van der Waals surface area contributed by atoms with Gasteiger partial charge in [-0.2, -0.15) is 0 Å². The predicted molar refractivity (Wildman–Crippen MR) is 65.8 cm³/mol. The molecule has 0 fully saturated rings. The zero-order valence-corrected chi connectivity index (χ0v) is 10.5. The smallest absolute Gasteiger partial charge is 0.345 e. The number of pyridine rings is 1. The SMILES string of the molecule is CCN(CC)c1cc(C(=O)OC)c([N+](=O)[O-])cn1. The minimum Gasteiger partial charge on any atom is -0.465 e. The fourth-order valence-corrected chi connectivity index (χ4v) is 1.58. The Balaban J connectivity index is 3.29. The van der Waals surface area contributed by atoms with Gasteiger partial charge in [0, 0.05) is 19.2 Å². The Kier molecular flexibility index (Phi) is 4.59. The van der Waals surface area contributed by atoms with Crippen molar-refractivity contribution in [3.8, 4) is 0 Å². The van der Waals surface area contributed by atoms with E-state index in [2.05, 4.69) is 9.72 Å². The number of carbonyl (C=O) groups is 1. The Morgan fingerprint density at radius 3 is 2.56 bits per heavy atom. The van der Waals surface area contributed by atoms with Gasteiger partial charge in [0.1, 0.15) is 17.6 Å². The number of nitro groups is 1. The van der Waals surface area contributed by atoms with Gasteiger partial charge in [-0.15, -0.1) is 0 Å². The molecule has 7 nitrogen and oxygen atoms in total. The van der Waals surface area contributed by atoms with Gasteiger partial charge in [-0.1, -0.05) is 0 Å². The van der Waals surface area contributed by atoms with Gasteiger partial charge in [0.25, 0.3) is 0 Å². The minimum absolute atomic E-state index is 0.0839. The van der Waals surface area contributed by atoms with Crippen LogP contribution in [0.2, 0.25) is 0 Å². The van der Waals surface area contributed by atoms with Crippen LogP contribution in [0.1, 0.15) is 24.2 Å². The standard InChI is InChI=1S/C11H15N3O4/c1-4-13(5-2)10-6-8(11(15)18-3)9(7-12-10)14(16)17/h6-7H,4-5H2,1-3H3. The molecule has 0 N–H and O–H groups in total. The number of aromatic nitrogens is 1. The predicted octanol–water partition coefficient (Wildman–Crippen LogP) is 1.62. The van der Waals surface area contributed by atoms with Crippen LogP contribution < -0.4 is 4.90 Å². The lowest BCUT2D eigenvalue weighted by Gasteiger charge is -2.19. The van der Waals surface area contributed by atoms with E-state index < -0.39 is 10.9 Å². The zero-order chi connectivity index (χ0) is 13.7. The maximum Gasteiger partial charge on any atom is 0.345 e. The van der Waals surface area contributed by atoms with Crippen LogP contribution in [-0.2, 0) is 4.74 Å². The molecule has 1 aromatic heterocycles. The molecule has 0 spiro atoms. The van der Waals surface area contributed by atoms with Gasteiger partial charge in [-0.05, 0) is 13.8 Å². The highest BCUT2D eigenvalue weighted by atomic mass is 16.6. The molecule has 0 aliphatic rings. The first-order valence-corrected chi connectivity index (χ1v) is 5.52. The molecule has 0 atom stereocenters. The highest BCUT2D eigenvalue weighted by molar-refractivity contribution is 5.94. The summed E-state index contributed by atoms with van der Waals surface area (Å²) in [6.07, 6.45) is 1.08. The number of nitrogens with zero attached hydrogens (tertiary/aromatic N) is 3. The molecule has 0 saturated heterocycles. The quantitative estimate of drug-likeness (QED) is 0.450. The lowest BCUT2D eigenvalue weighted by Crippen LogP contribution is -2.23. The van der Waals surface area contributed by atoms with E-state index >= 15 is 0 Å². The Labute approximate surface area is 105 Å². The summed E-state index contributed by atoms with van der Waals surface area (Å²) in [7, 11) is 1.18.